The van der Waals surface area contributed by atoms with Gasteiger partial charge in [0.1, 0.15) is 0 Å². The van der Waals surface area contributed by atoms with E-state index >= 15 is 0 Å². The van der Waals surface area contributed by atoms with E-state index in [0.717, 1.165) is 10.9 Å². The van der Waals surface area contributed by atoms with Crippen LogP contribution in [0.1, 0.15) is 25.8 Å². The van der Waals surface area contributed by atoms with Crippen LogP contribution in [0.15, 0.2) is 82.1 Å². The number of Topliss-reactive ketones (excluding diaryl/α,β-unsaturated/α-hetero) is 1. The van der Waals surface area contributed by atoms with Gasteiger partial charge in [-0.1, -0.05) is 6.07 Å². The summed E-state index contributed by atoms with van der Waals surface area (Å²) in [5.41, 5.74) is 2.06. The molecule has 0 saturated carbocycles. The van der Waals surface area contributed by atoms with Gasteiger partial charge in [-0.15, -0.1) is 0 Å². The number of fused-ring (bicyclic) bond motifs is 3. The van der Waals surface area contributed by atoms with E-state index < -0.39 is 45.4 Å². The number of benzene rings is 3. The van der Waals surface area contributed by atoms with Gasteiger partial charge in [-0.3, -0.25) is 0 Å². The first-order valence-corrected chi connectivity index (χ1v) is 18.1. The number of para-hydroxylation sites is 1. The molecule has 213 valence electrons. The van der Waals surface area contributed by atoms with E-state index in [9.17, 15) is 22.8 Å². The number of amides is 2. The number of hydrogen-bond acceptors (Lipinski definition) is 7. The van der Waals surface area contributed by atoms with Crippen LogP contribution in [0.5, 0.6) is 0 Å². The van der Waals surface area contributed by atoms with Crippen molar-refractivity contribution in [1.29, 1.82) is 0 Å². The quantitative estimate of drug-likeness (QED) is 0.268. The molecule has 1 saturated heterocycles. The second kappa shape index (κ2) is 12.1. The van der Waals surface area contributed by atoms with Crippen LogP contribution in [-0.2, 0) is 29.0 Å². The molecule has 2 heterocycles. The van der Waals surface area contributed by atoms with Crippen molar-refractivity contribution in [3.63, 3.8) is 0 Å². The molecule has 1 unspecified atom stereocenters. The third kappa shape index (κ3) is 6.65. The average molecular weight is 638 g/mol. The fourth-order valence-corrected chi connectivity index (χ4v) is 11.3. The number of likely N-dealkylation sites (tertiary alicyclic amines) is 1. The molecular weight excluding hydrogens is 607 g/mol. The molecule has 4 aromatic rings. The SMILES string of the molecule is CC(C)C[C@H](NC(=O)OCc1ccccc1)C(=O)N1CC(=O)C([As]S(=O)(=O)c2ccc3oc4ccccc4c3c2)C1. The Hall–Kier alpha value is -3.62. The van der Waals surface area contributed by atoms with Crippen LogP contribution < -0.4 is 5.32 Å². The van der Waals surface area contributed by atoms with Crippen LogP contribution >= 0.6 is 0 Å². The minimum atomic E-state index is -3.75. The summed E-state index contributed by atoms with van der Waals surface area (Å²) >= 11 is -1.50. The van der Waals surface area contributed by atoms with E-state index in [1.807, 2.05) is 68.4 Å². The van der Waals surface area contributed by atoms with Crippen molar-refractivity contribution in [2.75, 3.05) is 13.1 Å². The Balaban J connectivity index is 1.26. The number of ether oxygens (including phenoxy) is 1. The zero-order chi connectivity index (χ0) is 29.1. The average Bonchev–Trinajstić information content (AvgIpc) is 3.50. The molecule has 0 spiro atoms. The predicted octanol–water partition coefficient (Wildman–Crippen LogP) is 4.52. The summed E-state index contributed by atoms with van der Waals surface area (Å²) in [6, 6.07) is 20.4. The number of alkyl carbamates (subject to hydrolysis) is 1. The van der Waals surface area contributed by atoms with Crippen LogP contribution in [0.4, 0.5) is 4.79 Å². The zero-order valence-corrected chi connectivity index (χ0v) is 25.3. The van der Waals surface area contributed by atoms with Crippen molar-refractivity contribution in [2.45, 2.75) is 42.5 Å². The Morgan fingerprint density at radius 3 is 2.49 bits per heavy atom. The molecule has 0 aliphatic carbocycles. The van der Waals surface area contributed by atoms with E-state index in [0.29, 0.717) is 23.0 Å². The third-order valence-electron chi connectivity index (χ3n) is 6.85. The van der Waals surface area contributed by atoms with Gasteiger partial charge < -0.3 is 0 Å². The molecule has 1 N–H and O–H groups in total. The fraction of sp³-hybridized carbons (Fsp3) is 0.300. The molecule has 3 aromatic carbocycles. The molecule has 11 heteroatoms. The second-order valence-electron chi connectivity index (χ2n) is 10.4. The van der Waals surface area contributed by atoms with Gasteiger partial charge in [-0.05, 0) is 0 Å². The van der Waals surface area contributed by atoms with Crippen molar-refractivity contribution in [1.82, 2.24) is 10.2 Å². The number of ketones is 1. The van der Waals surface area contributed by atoms with Crippen LogP contribution in [0.25, 0.3) is 21.9 Å². The second-order valence-corrected chi connectivity index (χ2v) is 17.7. The number of carbonyl (C=O) groups excluding carboxylic acids is 3. The van der Waals surface area contributed by atoms with Crippen molar-refractivity contribution < 1.29 is 32.0 Å². The summed E-state index contributed by atoms with van der Waals surface area (Å²) < 4.78 is 37.1. The molecule has 9 nitrogen and oxygen atoms in total. The number of hydrogen-bond donors (Lipinski definition) is 1. The first-order chi connectivity index (χ1) is 19.6. The Morgan fingerprint density at radius 1 is 1.02 bits per heavy atom. The van der Waals surface area contributed by atoms with Crippen molar-refractivity contribution in [3.05, 3.63) is 78.4 Å². The first kappa shape index (κ1) is 28.9. The zero-order valence-electron chi connectivity index (χ0n) is 22.6. The maximum absolute atomic E-state index is 13.4. The number of nitrogens with zero attached hydrogens (tertiary/aromatic N) is 1. The molecule has 41 heavy (non-hydrogen) atoms. The molecule has 1 aliphatic rings. The Bertz CT molecular complexity index is 1700. The van der Waals surface area contributed by atoms with Crippen LogP contribution in [0, 0.1) is 5.92 Å². The summed E-state index contributed by atoms with van der Waals surface area (Å²) in [6.07, 6.45) is -0.384. The molecule has 2 amide bonds. The summed E-state index contributed by atoms with van der Waals surface area (Å²) in [5.74, 6) is -0.629. The van der Waals surface area contributed by atoms with E-state index in [1.54, 1.807) is 12.1 Å². The van der Waals surface area contributed by atoms with Crippen molar-refractivity contribution >= 4 is 62.4 Å². The van der Waals surface area contributed by atoms with E-state index in [-0.39, 0.29) is 36.3 Å². The summed E-state index contributed by atoms with van der Waals surface area (Å²) in [5, 5.41) is 4.15. The van der Waals surface area contributed by atoms with E-state index in [1.165, 1.54) is 11.0 Å². The Labute approximate surface area is 243 Å². The number of carbonyl (C=O) groups is 3. The van der Waals surface area contributed by atoms with Crippen molar-refractivity contribution in [3.8, 4) is 0 Å². The molecule has 1 radical (unpaired) electrons. The predicted molar refractivity (Wildman–Crippen MR) is 155 cm³/mol. The van der Waals surface area contributed by atoms with Crippen LogP contribution in [0.3, 0.4) is 0 Å². The van der Waals surface area contributed by atoms with Crippen LogP contribution in [-0.4, -0.2) is 64.8 Å². The van der Waals surface area contributed by atoms with Gasteiger partial charge in [0.2, 0.25) is 0 Å². The normalized spacial score (nSPS) is 16.7. The summed E-state index contributed by atoms with van der Waals surface area (Å²) in [7, 11) is -3.75. The van der Waals surface area contributed by atoms with Crippen LogP contribution in [0.2, 0.25) is 4.71 Å². The topological polar surface area (TPSA) is 123 Å². The first-order valence-electron chi connectivity index (χ1n) is 13.3. The monoisotopic (exact) mass is 637 g/mol. The molecule has 2 atom stereocenters. The molecule has 0 bridgehead atoms. The van der Waals surface area contributed by atoms with Gasteiger partial charge in [-0.25, -0.2) is 0 Å². The standard InChI is InChI=1S/C30H30AsN2O7S/c1-19(2)14-25(32-30(36)39-18-20-8-4-3-5-9-20)29(35)33-16-24(26(34)17-33)31-41(37,38)21-12-13-28-23(15-21)22-10-6-7-11-27(22)40-28/h3-13,15,19,24-25H,14,16-18H2,1-2H3,(H,32,36)/t24?,25-/m0/s1. The Morgan fingerprint density at radius 2 is 1.73 bits per heavy atom. The van der Waals surface area contributed by atoms with Gasteiger partial charge in [0.05, 0.1) is 0 Å². The van der Waals surface area contributed by atoms with Gasteiger partial charge in [0.15, 0.2) is 0 Å². The van der Waals surface area contributed by atoms with Gasteiger partial charge in [0.25, 0.3) is 0 Å². The van der Waals surface area contributed by atoms with Gasteiger partial charge in [-0.2, -0.15) is 0 Å². The van der Waals surface area contributed by atoms with E-state index in [4.69, 9.17) is 9.15 Å². The maximum atomic E-state index is 13.4. The third-order valence-corrected chi connectivity index (χ3v) is 13.8. The van der Waals surface area contributed by atoms with Gasteiger partial charge >= 0.3 is 238 Å². The number of nitrogens with one attached hydrogen (secondary N) is 1. The molecule has 1 aliphatic heterocycles. The summed E-state index contributed by atoms with van der Waals surface area (Å²) in [4.78, 5) is 40.3. The van der Waals surface area contributed by atoms with Crippen molar-refractivity contribution in [2.24, 2.45) is 5.92 Å². The fourth-order valence-electron chi connectivity index (χ4n) is 4.84. The molecule has 1 aromatic heterocycles. The molecule has 5 rings (SSSR count). The molecule has 1 fully saturated rings. The summed E-state index contributed by atoms with van der Waals surface area (Å²) in [6.45, 7) is 3.72. The number of rotatable bonds is 9. The van der Waals surface area contributed by atoms with E-state index in [2.05, 4.69) is 5.32 Å². The molecular formula is C30H30AsN2O7S. The minimum absolute atomic E-state index is 0.00310. The Kier molecular flexibility index (Phi) is 8.52. The number of furan rings is 1. The van der Waals surface area contributed by atoms with Gasteiger partial charge in [0, 0.05) is 0 Å².